The number of aryl methyl sites for hydroxylation is 1. The van der Waals surface area contributed by atoms with Gasteiger partial charge in [0.25, 0.3) is 5.91 Å². The van der Waals surface area contributed by atoms with Gasteiger partial charge in [-0.1, -0.05) is 6.07 Å². The molecule has 1 amide bonds. The highest BCUT2D eigenvalue weighted by atomic mass is 16.4. The van der Waals surface area contributed by atoms with Gasteiger partial charge in [-0.3, -0.25) is 4.79 Å². The number of benzene rings is 2. The topological polar surface area (TPSA) is 85.4 Å². The Balaban J connectivity index is 1.37. The number of carboxylic acids is 1. The lowest BCUT2D eigenvalue weighted by atomic mass is 10.0. The zero-order valence-electron chi connectivity index (χ0n) is 17.3. The van der Waals surface area contributed by atoms with Crippen molar-refractivity contribution in [3.63, 3.8) is 0 Å². The Labute approximate surface area is 180 Å². The third kappa shape index (κ3) is 3.99. The average Bonchev–Trinajstić information content (AvgIpc) is 3.47. The molecule has 0 radical (unpaired) electrons. The number of H-pyrrole nitrogens is 1. The van der Waals surface area contributed by atoms with Crippen LogP contribution in [-0.2, 0) is 11.2 Å². The summed E-state index contributed by atoms with van der Waals surface area (Å²) in [4.78, 5) is 29.7. The first-order valence-electron chi connectivity index (χ1n) is 10.8. The fraction of sp³-hybridized carbons (Fsp3) is 0.280. The van der Waals surface area contributed by atoms with E-state index in [0.717, 1.165) is 36.0 Å². The molecule has 2 aliphatic rings. The van der Waals surface area contributed by atoms with Gasteiger partial charge in [-0.25, -0.2) is 4.79 Å². The number of hydrogen-bond donors (Lipinski definition) is 3. The molecule has 0 bridgehead atoms. The van der Waals surface area contributed by atoms with Crippen LogP contribution in [-0.4, -0.2) is 46.5 Å². The third-order valence-corrected chi connectivity index (χ3v) is 6.19. The van der Waals surface area contributed by atoms with Crippen LogP contribution >= 0.6 is 0 Å². The van der Waals surface area contributed by atoms with Crippen molar-refractivity contribution in [2.75, 3.05) is 25.0 Å². The predicted octanol–water partition coefficient (Wildman–Crippen LogP) is 4.39. The highest BCUT2D eigenvalue weighted by Gasteiger charge is 2.25. The number of aromatic amines is 1. The molecule has 0 atom stereocenters. The Morgan fingerprint density at radius 3 is 2.74 bits per heavy atom. The van der Waals surface area contributed by atoms with Crippen LogP contribution in [0, 0.1) is 0 Å². The number of hydrogen-bond acceptors (Lipinski definition) is 3. The van der Waals surface area contributed by atoms with Crippen molar-refractivity contribution >= 4 is 40.1 Å². The van der Waals surface area contributed by atoms with Crippen LogP contribution in [0.1, 0.15) is 46.4 Å². The van der Waals surface area contributed by atoms with Gasteiger partial charge in [-0.15, -0.1) is 0 Å². The van der Waals surface area contributed by atoms with Crippen LogP contribution in [0.4, 0.5) is 5.69 Å². The van der Waals surface area contributed by atoms with E-state index in [2.05, 4.69) is 33.4 Å². The summed E-state index contributed by atoms with van der Waals surface area (Å²) < 4.78 is 0. The summed E-state index contributed by atoms with van der Waals surface area (Å²) in [5.41, 5.74) is 5.05. The number of rotatable bonds is 6. The van der Waals surface area contributed by atoms with E-state index in [0.29, 0.717) is 16.8 Å². The maximum absolute atomic E-state index is 12.5. The molecule has 6 nitrogen and oxygen atoms in total. The van der Waals surface area contributed by atoms with E-state index >= 15 is 0 Å². The monoisotopic (exact) mass is 415 g/mol. The highest BCUT2D eigenvalue weighted by molar-refractivity contribution is 6.35. The van der Waals surface area contributed by atoms with Gasteiger partial charge in [0.1, 0.15) is 0 Å². The molecule has 158 valence electrons. The first kappa shape index (κ1) is 19.6. The summed E-state index contributed by atoms with van der Waals surface area (Å²) in [7, 11) is 0. The number of anilines is 1. The quantitative estimate of drug-likeness (QED) is 0.522. The Kier molecular flexibility index (Phi) is 5.08. The van der Waals surface area contributed by atoms with Crippen LogP contribution in [0.15, 0.2) is 42.5 Å². The lowest BCUT2D eigenvalue weighted by Gasteiger charge is -2.13. The SMILES string of the molecule is O=C1Nc2ccc(C(=O)O)cc2/C1=C\c1cc2cc(CCCN3CCCC3)ccc2[nH]1. The van der Waals surface area contributed by atoms with Crippen LogP contribution in [0.2, 0.25) is 0 Å². The molecule has 31 heavy (non-hydrogen) atoms. The van der Waals surface area contributed by atoms with Crippen LogP contribution in [0.25, 0.3) is 22.6 Å². The van der Waals surface area contributed by atoms with Gasteiger partial charge in [0, 0.05) is 27.8 Å². The first-order valence-corrected chi connectivity index (χ1v) is 10.8. The number of nitrogens with one attached hydrogen (secondary N) is 2. The van der Waals surface area contributed by atoms with Gasteiger partial charge < -0.3 is 20.3 Å². The molecule has 0 aliphatic carbocycles. The average molecular weight is 415 g/mol. The number of aromatic carboxylic acids is 1. The zero-order chi connectivity index (χ0) is 21.4. The maximum atomic E-state index is 12.5. The van der Waals surface area contributed by atoms with Crippen molar-refractivity contribution in [3.8, 4) is 0 Å². The van der Waals surface area contributed by atoms with Gasteiger partial charge in [-0.2, -0.15) is 0 Å². The molecular weight excluding hydrogens is 390 g/mol. The second-order valence-electron chi connectivity index (χ2n) is 8.38. The Hall–Kier alpha value is -3.38. The second-order valence-corrected chi connectivity index (χ2v) is 8.38. The minimum Gasteiger partial charge on any atom is -0.478 e. The molecule has 2 aromatic carbocycles. The molecule has 1 aromatic heterocycles. The molecule has 3 aromatic rings. The lowest BCUT2D eigenvalue weighted by molar-refractivity contribution is -0.110. The van der Waals surface area contributed by atoms with Gasteiger partial charge in [0.05, 0.1) is 11.1 Å². The largest absolute Gasteiger partial charge is 0.478 e. The van der Waals surface area contributed by atoms with Gasteiger partial charge in [-0.05, 0) is 93.4 Å². The van der Waals surface area contributed by atoms with E-state index in [1.54, 1.807) is 18.2 Å². The van der Waals surface area contributed by atoms with E-state index in [-0.39, 0.29) is 11.5 Å². The number of carboxylic acid groups (broad SMARTS) is 1. The molecule has 3 N–H and O–H groups in total. The van der Waals surface area contributed by atoms with Crippen molar-refractivity contribution in [1.82, 2.24) is 9.88 Å². The van der Waals surface area contributed by atoms with Crippen LogP contribution in [0.5, 0.6) is 0 Å². The number of carbonyl (C=O) groups excluding carboxylic acids is 1. The van der Waals surface area contributed by atoms with E-state index in [9.17, 15) is 14.7 Å². The van der Waals surface area contributed by atoms with Crippen molar-refractivity contribution in [3.05, 3.63) is 64.8 Å². The number of aromatic nitrogens is 1. The summed E-state index contributed by atoms with van der Waals surface area (Å²) in [6.07, 6.45) is 6.67. The fourth-order valence-electron chi connectivity index (χ4n) is 4.57. The molecule has 2 aliphatic heterocycles. The highest BCUT2D eigenvalue weighted by Crippen LogP contribution is 2.34. The van der Waals surface area contributed by atoms with Crippen LogP contribution in [0.3, 0.4) is 0 Å². The fourth-order valence-corrected chi connectivity index (χ4v) is 4.57. The number of nitrogens with zero attached hydrogens (tertiary/aromatic N) is 1. The van der Waals surface area contributed by atoms with Gasteiger partial charge in [0.15, 0.2) is 0 Å². The van der Waals surface area contributed by atoms with Crippen molar-refractivity contribution in [2.24, 2.45) is 0 Å². The Bertz CT molecular complexity index is 1200. The van der Waals surface area contributed by atoms with E-state index in [4.69, 9.17) is 0 Å². The molecule has 1 fully saturated rings. The van der Waals surface area contributed by atoms with Crippen molar-refractivity contribution in [1.29, 1.82) is 0 Å². The van der Waals surface area contributed by atoms with Crippen LogP contribution < -0.4 is 5.32 Å². The van der Waals surface area contributed by atoms with E-state index < -0.39 is 5.97 Å². The molecule has 5 rings (SSSR count). The molecule has 1 saturated heterocycles. The molecular formula is C25H25N3O3. The predicted molar refractivity (Wildman–Crippen MR) is 122 cm³/mol. The number of carbonyl (C=O) groups is 2. The standard InChI is InChI=1S/C25H25N3O3/c29-24-21(20-14-17(25(30)31)6-8-23(20)27-24)15-19-13-18-12-16(5-7-22(18)26-19)4-3-11-28-9-1-2-10-28/h5-8,12-15,26H,1-4,9-11H2,(H,27,29)(H,30,31)/b21-15+. The minimum absolute atomic E-state index is 0.163. The summed E-state index contributed by atoms with van der Waals surface area (Å²) in [6.45, 7) is 3.63. The minimum atomic E-state index is -1.01. The Morgan fingerprint density at radius 2 is 1.94 bits per heavy atom. The lowest BCUT2D eigenvalue weighted by Crippen LogP contribution is -2.20. The maximum Gasteiger partial charge on any atom is 0.335 e. The molecule has 6 heteroatoms. The van der Waals surface area contributed by atoms with Gasteiger partial charge in [0.2, 0.25) is 0 Å². The van der Waals surface area contributed by atoms with Crippen molar-refractivity contribution in [2.45, 2.75) is 25.7 Å². The smallest absolute Gasteiger partial charge is 0.335 e. The first-order chi connectivity index (χ1) is 15.1. The summed E-state index contributed by atoms with van der Waals surface area (Å²) in [6, 6.07) is 13.2. The molecule has 0 spiro atoms. The molecule has 0 unspecified atom stereocenters. The Morgan fingerprint density at radius 1 is 1.10 bits per heavy atom. The summed E-state index contributed by atoms with van der Waals surface area (Å²) >= 11 is 0. The molecule has 0 saturated carbocycles. The number of fused-ring (bicyclic) bond motifs is 2. The summed E-state index contributed by atoms with van der Waals surface area (Å²) in [5, 5.41) is 13.2. The zero-order valence-corrected chi connectivity index (χ0v) is 17.3. The molecule has 3 heterocycles. The van der Waals surface area contributed by atoms with Crippen molar-refractivity contribution < 1.29 is 14.7 Å². The van der Waals surface area contributed by atoms with E-state index in [1.807, 2.05) is 6.07 Å². The summed E-state index contributed by atoms with van der Waals surface area (Å²) in [5.74, 6) is -1.23. The second kappa shape index (κ2) is 8.04. The number of amides is 1. The third-order valence-electron chi connectivity index (χ3n) is 6.19. The normalized spacial score (nSPS) is 17.4. The number of likely N-dealkylation sites (tertiary alicyclic amines) is 1. The van der Waals surface area contributed by atoms with Gasteiger partial charge >= 0.3 is 5.97 Å². The van der Waals surface area contributed by atoms with E-state index in [1.165, 1.54) is 37.6 Å².